The molecule has 10 atom stereocenters. The van der Waals surface area contributed by atoms with E-state index in [-0.39, 0.29) is 5.97 Å². The molecule has 0 unspecified atom stereocenters. The summed E-state index contributed by atoms with van der Waals surface area (Å²) in [6.07, 6.45) is -6.53. The fourth-order valence-electron chi connectivity index (χ4n) is 4.12. The number of esters is 1. The van der Waals surface area contributed by atoms with E-state index in [1.54, 1.807) is 0 Å². The summed E-state index contributed by atoms with van der Waals surface area (Å²) < 4.78 is 26.8. The first-order valence-electron chi connectivity index (χ1n) is 12.1. The van der Waals surface area contributed by atoms with Crippen LogP contribution >= 0.6 is 0 Å². The van der Waals surface area contributed by atoms with Gasteiger partial charge in [0.15, 0.2) is 12.6 Å². The lowest BCUT2D eigenvalue weighted by molar-refractivity contribution is -0.347. The SMILES string of the molecule is COC(=O)CCCCCCCCO[C@@H]1O[C@H](CO)[C@@H](O[C@@H]2O[C@H](CO)[C@H](O)[C@H](O)[C@H]2O)[C@H](O)[C@H]1N. The maximum Gasteiger partial charge on any atom is 0.305 e. The highest BCUT2D eigenvalue weighted by atomic mass is 16.7. The van der Waals surface area contributed by atoms with Crippen LogP contribution in [0, 0.1) is 0 Å². The number of aliphatic hydroxyl groups excluding tert-OH is 6. The van der Waals surface area contributed by atoms with Crippen molar-refractivity contribution < 1.29 is 59.1 Å². The van der Waals surface area contributed by atoms with Crippen molar-refractivity contribution in [1.29, 1.82) is 0 Å². The number of unbranched alkanes of at least 4 members (excludes halogenated alkanes) is 5. The third-order valence-corrected chi connectivity index (χ3v) is 6.33. The van der Waals surface area contributed by atoms with Crippen molar-refractivity contribution >= 4 is 5.97 Å². The molecule has 0 spiro atoms. The summed E-state index contributed by atoms with van der Waals surface area (Å²) in [4.78, 5) is 11.1. The Morgan fingerprint density at radius 2 is 1.40 bits per heavy atom. The van der Waals surface area contributed by atoms with Crippen molar-refractivity contribution in [3.63, 3.8) is 0 Å². The average molecular weight is 512 g/mol. The molecule has 2 aliphatic rings. The predicted molar refractivity (Wildman–Crippen MR) is 119 cm³/mol. The molecule has 13 heteroatoms. The van der Waals surface area contributed by atoms with Crippen molar-refractivity contribution in [2.75, 3.05) is 26.9 Å². The average Bonchev–Trinajstić information content (AvgIpc) is 2.86. The zero-order valence-electron chi connectivity index (χ0n) is 20.1. The van der Waals surface area contributed by atoms with E-state index in [0.29, 0.717) is 13.0 Å². The Bertz CT molecular complexity index is 609. The minimum atomic E-state index is -1.68. The van der Waals surface area contributed by atoms with E-state index >= 15 is 0 Å². The van der Waals surface area contributed by atoms with Gasteiger partial charge in [-0.15, -0.1) is 0 Å². The van der Waals surface area contributed by atoms with E-state index in [9.17, 15) is 35.4 Å². The molecule has 0 aromatic rings. The molecule has 206 valence electrons. The maximum absolute atomic E-state index is 11.1. The highest BCUT2D eigenvalue weighted by Crippen LogP contribution is 2.29. The Labute approximate surface area is 204 Å². The third kappa shape index (κ3) is 8.54. The van der Waals surface area contributed by atoms with Crippen LogP contribution in [0.5, 0.6) is 0 Å². The van der Waals surface area contributed by atoms with Crippen LogP contribution in [0.25, 0.3) is 0 Å². The van der Waals surface area contributed by atoms with Gasteiger partial charge in [-0.05, 0) is 12.8 Å². The molecule has 0 saturated carbocycles. The van der Waals surface area contributed by atoms with Crippen LogP contribution in [0.2, 0.25) is 0 Å². The summed E-state index contributed by atoms with van der Waals surface area (Å²) in [7, 11) is 1.37. The first-order chi connectivity index (χ1) is 16.7. The van der Waals surface area contributed by atoms with Gasteiger partial charge in [-0.2, -0.15) is 0 Å². The Hall–Kier alpha value is -0.970. The lowest BCUT2D eigenvalue weighted by Crippen LogP contribution is -2.66. The van der Waals surface area contributed by atoms with Gasteiger partial charge in [-0.25, -0.2) is 0 Å². The highest BCUT2D eigenvalue weighted by Gasteiger charge is 2.50. The second-order valence-electron chi connectivity index (χ2n) is 8.91. The number of ether oxygens (including phenoxy) is 5. The smallest absolute Gasteiger partial charge is 0.305 e. The molecule has 0 aliphatic carbocycles. The van der Waals surface area contributed by atoms with Crippen LogP contribution in [0.1, 0.15) is 44.9 Å². The first kappa shape index (κ1) is 30.3. The van der Waals surface area contributed by atoms with Crippen LogP contribution in [0.15, 0.2) is 0 Å². The number of hydrogen-bond donors (Lipinski definition) is 7. The van der Waals surface area contributed by atoms with Gasteiger partial charge in [0, 0.05) is 13.0 Å². The van der Waals surface area contributed by atoms with Gasteiger partial charge >= 0.3 is 5.97 Å². The van der Waals surface area contributed by atoms with Crippen molar-refractivity contribution in [2.24, 2.45) is 5.73 Å². The minimum absolute atomic E-state index is 0.202. The number of carbonyl (C=O) groups is 1. The van der Waals surface area contributed by atoms with E-state index < -0.39 is 74.6 Å². The van der Waals surface area contributed by atoms with Gasteiger partial charge in [-0.3, -0.25) is 4.79 Å². The molecule has 8 N–H and O–H groups in total. The van der Waals surface area contributed by atoms with Gasteiger partial charge in [0.05, 0.1) is 26.4 Å². The Morgan fingerprint density at radius 1 is 0.800 bits per heavy atom. The molecule has 13 nitrogen and oxygen atoms in total. The molecule has 2 aliphatic heterocycles. The van der Waals surface area contributed by atoms with E-state index in [0.717, 1.165) is 38.5 Å². The van der Waals surface area contributed by atoms with Gasteiger partial charge in [0.25, 0.3) is 0 Å². The minimum Gasteiger partial charge on any atom is -0.469 e. The summed E-state index contributed by atoms with van der Waals surface area (Å²) in [5.41, 5.74) is 6.07. The molecule has 0 amide bonds. The van der Waals surface area contributed by atoms with E-state index in [1.807, 2.05) is 0 Å². The van der Waals surface area contributed by atoms with Crippen LogP contribution in [0.4, 0.5) is 0 Å². The predicted octanol–water partition coefficient (Wildman–Crippen LogP) is -2.50. The Balaban J connectivity index is 1.77. The van der Waals surface area contributed by atoms with E-state index in [4.69, 9.17) is 24.7 Å². The molecule has 2 heterocycles. The monoisotopic (exact) mass is 511 g/mol. The van der Waals surface area contributed by atoms with E-state index in [1.165, 1.54) is 7.11 Å². The van der Waals surface area contributed by atoms with Crippen LogP contribution in [0.3, 0.4) is 0 Å². The lowest BCUT2D eigenvalue weighted by Gasteiger charge is -2.46. The largest absolute Gasteiger partial charge is 0.469 e. The summed E-state index contributed by atoms with van der Waals surface area (Å²) >= 11 is 0. The van der Waals surface area contributed by atoms with Crippen molar-refractivity contribution in [1.82, 2.24) is 0 Å². The molecule has 0 aromatic heterocycles. The van der Waals surface area contributed by atoms with E-state index in [2.05, 4.69) is 4.74 Å². The van der Waals surface area contributed by atoms with Crippen LogP contribution < -0.4 is 5.73 Å². The van der Waals surface area contributed by atoms with Crippen LogP contribution in [-0.2, 0) is 28.5 Å². The third-order valence-electron chi connectivity index (χ3n) is 6.33. The van der Waals surface area contributed by atoms with Crippen molar-refractivity contribution in [2.45, 2.75) is 106 Å². The van der Waals surface area contributed by atoms with Gasteiger partial charge in [0.2, 0.25) is 0 Å². The fourth-order valence-corrected chi connectivity index (χ4v) is 4.12. The van der Waals surface area contributed by atoms with Gasteiger partial charge in [0.1, 0.15) is 42.7 Å². The summed E-state index contributed by atoms with van der Waals surface area (Å²) in [5, 5.41) is 59.8. The Morgan fingerprint density at radius 3 is 2.03 bits per heavy atom. The van der Waals surface area contributed by atoms with Gasteiger partial charge < -0.3 is 60.1 Å². The molecule has 35 heavy (non-hydrogen) atoms. The zero-order valence-corrected chi connectivity index (χ0v) is 20.1. The Kier molecular flexibility index (Phi) is 13.2. The molecule has 2 saturated heterocycles. The normalized spacial score (nSPS) is 37.8. The molecular weight excluding hydrogens is 470 g/mol. The number of methoxy groups -OCH3 is 1. The van der Waals surface area contributed by atoms with Crippen LogP contribution in [-0.4, -0.2) is 125 Å². The molecule has 0 bridgehead atoms. The van der Waals surface area contributed by atoms with Gasteiger partial charge in [-0.1, -0.05) is 25.7 Å². The number of nitrogens with two attached hydrogens (primary N) is 1. The lowest BCUT2D eigenvalue weighted by atomic mass is 9.96. The number of hydrogen-bond acceptors (Lipinski definition) is 13. The summed E-state index contributed by atoms with van der Waals surface area (Å²) in [6, 6.07) is -1.04. The van der Waals surface area contributed by atoms with Crippen molar-refractivity contribution in [3.8, 4) is 0 Å². The molecule has 2 fully saturated rings. The second kappa shape index (κ2) is 15.3. The molecule has 0 aromatic carbocycles. The summed E-state index contributed by atoms with van der Waals surface area (Å²) in [6.45, 7) is -0.873. The molecular formula is C22H41NO12. The zero-order chi connectivity index (χ0) is 26.0. The molecule has 2 rings (SSSR count). The standard InChI is InChI=1S/C22H41NO12/c1-31-14(26)8-6-4-2-3-5-7-9-32-21-15(23)17(28)20(13(11-25)34-21)35-22-19(30)18(29)16(27)12(10-24)33-22/h12-13,15-22,24-25,27-30H,2-11,23H2,1H3/t12-,13-,15-,16+,17-,18+,19-,20-,21-,22+/m1/s1. The maximum atomic E-state index is 11.1. The topological polar surface area (TPSA) is 211 Å². The molecule has 0 radical (unpaired) electrons. The number of carbonyl (C=O) groups excluding carboxylic acids is 1. The number of rotatable bonds is 14. The quantitative estimate of drug-likeness (QED) is 0.0950. The summed E-state index contributed by atoms with van der Waals surface area (Å²) in [5.74, 6) is -0.202. The number of aliphatic hydroxyl groups is 6. The first-order valence-corrected chi connectivity index (χ1v) is 12.1. The van der Waals surface area contributed by atoms with Crippen molar-refractivity contribution in [3.05, 3.63) is 0 Å². The highest BCUT2D eigenvalue weighted by molar-refractivity contribution is 5.68. The fraction of sp³-hybridized carbons (Fsp3) is 0.955. The second-order valence-corrected chi connectivity index (χ2v) is 8.91.